The molecule has 5 nitrogen and oxygen atoms in total. The maximum absolute atomic E-state index is 13.4. The molecule has 170 valence electrons. The van der Waals surface area contributed by atoms with Gasteiger partial charge >= 0.3 is 0 Å². The van der Waals surface area contributed by atoms with Gasteiger partial charge in [0.05, 0.1) is 12.8 Å². The highest BCUT2D eigenvalue weighted by molar-refractivity contribution is 6.11. The van der Waals surface area contributed by atoms with E-state index in [1.165, 1.54) is 19.2 Å². The predicted molar refractivity (Wildman–Crippen MR) is 132 cm³/mol. The molecule has 0 fully saturated rings. The topological polar surface area (TPSA) is 67.0 Å². The maximum Gasteiger partial charge on any atom is 0.266 e. The van der Waals surface area contributed by atoms with E-state index in [0.29, 0.717) is 18.0 Å². The summed E-state index contributed by atoms with van der Waals surface area (Å²) in [5.74, 6) is -0.277. The minimum Gasteiger partial charge on any atom is -0.495 e. The number of amides is 1. The number of nitriles is 1. The minimum atomic E-state index is -0.513. The lowest BCUT2D eigenvalue weighted by molar-refractivity contribution is -0.112. The van der Waals surface area contributed by atoms with Crippen LogP contribution in [-0.4, -0.2) is 17.6 Å². The zero-order valence-electron chi connectivity index (χ0n) is 19.2. The molecule has 1 heterocycles. The first-order chi connectivity index (χ1) is 16.4. The fourth-order valence-corrected chi connectivity index (χ4v) is 4.02. The van der Waals surface area contributed by atoms with E-state index in [4.69, 9.17) is 4.74 Å². The number of carbonyl (C=O) groups is 1. The van der Waals surface area contributed by atoms with E-state index in [9.17, 15) is 14.4 Å². The van der Waals surface area contributed by atoms with Crippen LogP contribution < -0.4 is 10.1 Å². The number of nitrogens with one attached hydrogen (secondary N) is 1. The van der Waals surface area contributed by atoms with Crippen molar-refractivity contribution in [1.82, 2.24) is 4.57 Å². The van der Waals surface area contributed by atoms with Gasteiger partial charge in [-0.25, -0.2) is 4.39 Å². The Morgan fingerprint density at radius 1 is 1.12 bits per heavy atom. The number of methoxy groups -OCH3 is 1. The largest absolute Gasteiger partial charge is 0.495 e. The Bertz CT molecular complexity index is 1440. The molecule has 0 aliphatic carbocycles. The van der Waals surface area contributed by atoms with E-state index in [0.717, 1.165) is 33.3 Å². The molecule has 6 heteroatoms. The van der Waals surface area contributed by atoms with Crippen molar-refractivity contribution in [2.45, 2.75) is 20.4 Å². The van der Waals surface area contributed by atoms with Gasteiger partial charge in [-0.1, -0.05) is 36.4 Å². The van der Waals surface area contributed by atoms with Crippen LogP contribution in [0.4, 0.5) is 10.1 Å². The second kappa shape index (κ2) is 9.63. The monoisotopic (exact) mass is 453 g/mol. The average molecular weight is 454 g/mol. The fourth-order valence-electron chi connectivity index (χ4n) is 4.02. The lowest BCUT2D eigenvalue weighted by Gasteiger charge is -2.11. The van der Waals surface area contributed by atoms with Crippen LogP contribution >= 0.6 is 0 Å². The number of carbonyl (C=O) groups excluding carboxylic acids is 1. The van der Waals surface area contributed by atoms with E-state index >= 15 is 0 Å². The predicted octanol–water partition coefficient (Wildman–Crippen LogP) is 6.00. The molecular formula is C28H24FN3O2. The number of rotatable bonds is 6. The number of anilines is 1. The normalized spacial score (nSPS) is 11.3. The molecule has 0 saturated heterocycles. The average Bonchev–Trinajstić information content (AvgIpc) is 3.09. The smallest absolute Gasteiger partial charge is 0.266 e. The molecule has 3 aromatic carbocycles. The molecule has 0 radical (unpaired) electrons. The summed E-state index contributed by atoms with van der Waals surface area (Å²) in [5.41, 5.74) is 5.05. The van der Waals surface area contributed by atoms with Crippen LogP contribution in [0.2, 0.25) is 0 Å². The Labute approximate surface area is 197 Å². The van der Waals surface area contributed by atoms with Crippen molar-refractivity contribution in [3.05, 3.63) is 101 Å². The number of aryl methyl sites for hydroxylation is 1. The first kappa shape index (κ1) is 22.8. The zero-order valence-corrected chi connectivity index (χ0v) is 19.2. The Morgan fingerprint density at radius 2 is 1.85 bits per heavy atom. The minimum absolute atomic E-state index is 0.0173. The Hall–Kier alpha value is -4.37. The molecule has 4 aromatic rings. The van der Waals surface area contributed by atoms with Crippen molar-refractivity contribution < 1.29 is 13.9 Å². The fraction of sp³-hybridized carbons (Fsp3) is 0.143. The molecule has 1 amide bonds. The maximum atomic E-state index is 13.4. The Kier molecular flexibility index (Phi) is 6.46. The molecule has 34 heavy (non-hydrogen) atoms. The van der Waals surface area contributed by atoms with E-state index in [1.54, 1.807) is 30.3 Å². The summed E-state index contributed by atoms with van der Waals surface area (Å²) in [7, 11) is 1.53. The second-order valence-corrected chi connectivity index (χ2v) is 8.06. The number of hydrogen-bond donors (Lipinski definition) is 1. The summed E-state index contributed by atoms with van der Waals surface area (Å²) in [5, 5.41) is 13.5. The van der Waals surface area contributed by atoms with E-state index in [2.05, 4.69) is 9.88 Å². The zero-order chi connectivity index (χ0) is 24.2. The number of benzene rings is 3. The molecule has 0 bridgehead atoms. The van der Waals surface area contributed by atoms with Gasteiger partial charge < -0.3 is 14.6 Å². The summed E-state index contributed by atoms with van der Waals surface area (Å²) in [6.07, 6.45) is 1.62. The van der Waals surface area contributed by atoms with Crippen molar-refractivity contribution in [3.8, 4) is 11.8 Å². The quantitative estimate of drug-likeness (QED) is 0.288. The Morgan fingerprint density at radius 3 is 2.56 bits per heavy atom. The van der Waals surface area contributed by atoms with Gasteiger partial charge in [0.15, 0.2) is 0 Å². The third-order valence-corrected chi connectivity index (χ3v) is 5.79. The van der Waals surface area contributed by atoms with E-state index in [1.807, 2.05) is 50.2 Å². The van der Waals surface area contributed by atoms with Crippen molar-refractivity contribution in [2.75, 3.05) is 12.4 Å². The third kappa shape index (κ3) is 4.55. The van der Waals surface area contributed by atoms with Crippen LogP contribution in [0.3, 0.4) is 0 Å². The summed E-state index contributed by atoms with van der Waals surface area (Å²) >= 11 is 0. The highest BCUT2D eigenvalue weighted by atomic mass is 19.1. The van der Waals surface area contributed by atoms with E-state index in [-0.39, 0.29) is 11.4 Å². The third-order valence-electron chi connectivity index (χ3n) is 5.79. The van der Waals surface area contributed by atoms with Crippen LogP contribution in [0.1, 0.15) is 22.4 Å². The molecule has 0 atom stereocenters. The van der Waals surface area contributed by atoms with Crippen LogP contribution in [0.5, 0.6) is 5.75 Å². The van der Waals surface area contributed by atoms with Gasteiger partial charge in [0, 0.05) is 28.7 Å². The first-order valence-electron chi connectivity index (χ1n) is 10.8. The standard InChI is InChI=1S/C28H24FN3O2/c1-18-8-13-27(34-3)25(14-18)31-28(33)21(16-30)15-24-19(2)32(26-7-5-4-6-23(24)26)17-20-9-11-22(29)12-10-20/h4-15H,17H2,1-3H3,(H,31,33)/b21-15+. The molecule has 0 unspecified atom stereocenters. The number of nitrogens with zero attached hydrogens (tertiary/aromatic N) is 2. The van der Waals surface area contributed by atoms with Gasteiger partial charge in [-0.15, -0.1) is 0 Å². The number of fused-ring (bicyclic) bond motifs is 1. The molecule has 0 aliphatic rings. The molecule has 0 saturated carbocycles. The molecule has 1 N–H and O–H groups in total. The number of para-hydroxylation sites is 1. The van der Waals surface area contributed by atoms with Crippen molar-refractivity contribution in [1.29, 1.82) is 5.26 Å². The number of aromatic nitrogens is 1. The number of halogens is 1. The van der Waals surface area contributed by atoms with Crippen LogP contribution in [-0.2, 0) is 11.3 Å². The second-order valence-electron chi connectivity index (χ2n) is 8.06. The molecule has 0 aliphatic heterocycles. The van der Waals surface area contributed by atoms with Crippen LogP contribution in [0.15, 0.2) is 72.3 Å². The van der Waals surface area contributed by atoms with Gasteiger partial charge in [-0.2, -0.15) is 5.26 Å². The van der Waals surface area contributed by atoms with Gasteiger partial charge in [0.2, 0.25) is 0 Å². The van der Waals surface area contributed by atoms with Crippen LogP contribution in [0.25, 0.3) is 17.0 Å². The first-order valence-corrected chi connectivity index (χ1v) is 10.8. The van der Waals surface area contributed by atoms with Gasteiger partial charge in [-0.3, -0.25) is 4.79 Å². The summed E-state index contributed by atoms with van der Waals surface area (Å²) in [6.45, 7) is 4.40. The number of ether oxygens (including phenoxy) is 1. The molecule has 1 aromatic heterocycles. The van der Waals surface area contributed by atoms with Crippen molar-refractivity contribution in [3.63, 3.8) is 0 Å². The SMILES string of the molecule is COc1ccc(C)cc1NC(=O)/C(C#N)=C/c1c(C)n(Cc2ccc(F)cc2)c2ccccc12. The van der Waals surface area contributed by atoms with Crippen molar-refractivity contribution in [2.24, 2.45) is 0 Å². The van der Waals surface area contributed by atoms with Gasteiger partial charge in [0.25, 0.3) is 5.91 Å². The Balaban J connectivity index is 1.74. The summed E-state index contributed by atoms with van der Waals surface area (Å²) < 4.78 is 20.8. The van der Waals surface area contributed by atoms with Gasteiger partial charge in [0.1, 0.15) is 23.2 Å². The van der Waals surface area contributed by atoms with E-state index < -0.39 is 5.91 Å². The highest BCUT2D eigenvalue weighted by Gasteiger charge is 2.17. The highest BCUT2D eigenvalue weighted by Crippen LogP contribution is 2.30. The number of hydrogen-bond acceptors (Lipinski definition) is 3. The molecule has 0 spiro atoms. The lowest BCUT2D eigenvalue weighted by atomic mass is 10.1. The van der Waals surface area contributed by atoms with Crippen LogP contribution in [0, 0.1) is 31.0 Å². The summed E-state index contributed by atoms with van der Waals surface area (Å²) in [4.78, 5) is 13.0. The van der Waals surface area contributed by atoms with Crippen molar-refractivity contribution >= 4 is 28.6 Å². The molecular weight excluding hydrogens is 429 g/mol. The lowest BCUT2D eigenvalue weighted by Crippen LogP contribution is -2.14. The molecule has 4 rings (SSSR count). The summed E-state index contributed by atoms with van der Waals surface area (Å²) in [6, 6.07) is 21.7. The van der Waals surface area contributed by atoms with Gasteiger partial charge in [-0.05, 0) is 61.4 Å².